The number of carbonyl (C=O) groups excluding carboxylic acids is 2. The summed E-state index contributed by atoms with van der Waals surface area (Å²) in [5, 5.41) is 21.6. The molecule has 0 N–H and O–H groups in total. The zero-order valence-corrected chi connectivity index (χ0v) is 17.2. The van der Waals surface area contributed by atoms with E-state index in [-0.39, 0.29) is 22.5 Å². The number of carbonyl (C=O) groups is 2. The number of non-ortho nitro benzene ring substituents is 2. The Morgan fingerprint density at radius 3 is 1.31 bits per heavy atom. The summed E-state index contributed by atoms with van der Waals surface area (Å²) in [6.45, 7) is 0. The molecule has 0 aliphatic heterocycles. The first-order valence-corrected chi connectivity index (χ1v) is 10.3. The highest BCUT2D eigenvalue weighted by molar-refractivity contribution is 5.90. The van der Waals surface area contributed by atoms with Gasteiger partial charge in [0.1, 0.15) is 12.2 Å². The molecule has 10 nitrogen and oxygen atoms in total. The standard InChI is InChI=1S/C22H22N2O8/c25-21(15-7-11-17(12-8-15)23(27)28)31-19-5-3-1-2-4-6-20(19)32-22(26)16-9-13-18(14-10-16)24(29)30/h7-14,19-20H,1-6H2. The topological polar surface area (TPSA) is 139 Å². The number of hydrogen-bond donors (Lipinski definition) is 0. The highest BCUT2D eigenvalue weighted by Gasteiger charge is 2.30. The molecule has 1 aliphatic rings. The second-order valence-electron chi connectivity index (χ2n) is 7.49. The van der Waals surface area contributed by atoms with Crippen molar-refractivity contribution in [1.82, 2.24) is 0 Å². The molecule has 1 saturated carbocycles. The molecule has 2 aromatic rings. The van der Waals surface area contributed by atoms with Crippen molar-refractivity contribution in [3.05, 3.63) is 79.9 Å². The average molecular weight is 442 g/mol. The van der Waals surface area contributed by atoms with Gasteiger partial charge < -0.3 is 9.47 Å². The molecule has 2 atom stereocenters. The van der Waals surface area contributed by atoms with Gasteiger partial charge in [0.05, 0.1) is 21.0 Å². The predicted molar refractivity (Wildman–Crippen MR) is 112 cm³/mol. The van der Waals surface area contributed by atoms with Crippen molar-refractivity contribution in [3.8, 4) is 0 Å². The molecular weight excluding hydrogens is 420 g/mol. The van der Waals surface area contributed by atoms with Gasteiger partial charge in [0, 0.05) is 24.3 Å². The Balaban J connectivity index is 1.71. The van der Waals surface area contributed by atoms with Gasteiger partial charge in [0.25, 0.3) is 11.4 Å². The van der Waals surface area contributed by atoms with E-state index in [0.29, 0.717) is 12.8 Å². The largest absolute Gasteiger partial charge is 0.455 e. The van der Waals surface area contributed by atoms with Crippen LogP contribution in [0, 0.1) is 20.2 Å². The fourth-order valence-electron chi connectivity index (χ4n) is 3.54. The van der Waals surface area contributed by atoms with E-state index < -0.39 is 34.0 Å². The molecule has 0 amide bonds. The molecule has 2 aromatic carbocycles. The van der Waals surface area contributed by atoms with Crippen LogP contribution in [0.2, 0.25) is 0 Å². The fraction of sp³-hybridized carbons (Fsp3) is 0.364. The Bertz CT molecular complexity index is 906. The molecule has 3 rings (SSSR count). The van der Waals surface area contributed by atoms with Gasteiger partial charge in [0.2, 0.25) is 0 Å². The molecule has 1 fully saturated rings. The highest BCUT2D eigenvalue weighted by Crippen LogP contribution is 2.25. The van der Waals surface area contributed by atoms with Gasteiger partial charge in [-0.15, -0.1) is 0 Å². The van der Waals surface area contributed by atoms with Crippen molar-refractivity contribution in [3.63, 3.8) is 0 Å². The lowest BCUT2D eigenvalue weighted by Crippen LogP contribution is -2.36. The molecule has 0 aromatic heterocycles. The lowest BCUT2D eigenvalue weighted by Gasteiger charge is -2.29. The molecule has 10 heteroatoms. The van der Waals surface area contributed by atoms with E-state index >= 15 is 0 Å². The van der Waals surface area contributed by atoms with Crippen molar-refractivity contribution < 1.29 is 28.9 Å². The minimum atomic E-state index is -0.667. The highest BCUT2D eigenvalue weighted by atomic mass is 16.6. The third-order valence-electron chi connectivity index (χ3n) is 5.29. The van der Waals surface area contributed by atoms with Crippen molar-refractivity contribution >= 4 is 23.3 Å². The van der Waals surface area contributed by atoms with Crippen LogP contribution in [0.4, 0.5) is 11.4 Å². The number of nitro benzene ring substituents is 2. The van der Waals surface area contributed by atoms with Crippen molar-refractivity contribution in [1.29, 1.82) is 0 Å². The molecule has 0 saturated heterocycles. The van der Waals surface area contributed by atoms with Gasteiger partial charge in [-0.3, -0.25) is 20.2 Å². The van der Waals surface area contributed by atoms with E-state index in [4.69, 9.17) is 9.47 Å². The van der Waals surface area contributed by atoms with Crippen LogP contribution in [0.25, 0.3) is 0 Å². The van der Waals surface area contributed by atoms with Gasteiger partial charge in [-0.2, -0.15) is 0 Å². The van der Waals surface area contributed by atoms with E-state index in [2.05, 4.69) is 0 Å². The first-order chi connectivity index (χ1) is 15.3. The molecule has 0 spiro atoms. The summed E-state index contributed by atoms with van der Waals surface area (Å²) in [5.41, 5.74) is 0.0565. The monoisotopic (exact) mass is 442 g/mol. The number of nitro groups is 2. The summed E-state index contributed by atoms with van der Waals surface area (Å²) in [5.74, 6) is -1.30. The number of hydrogen-bond acceptors (Lipinski definition) is 8. The number of esters is 2. The molecule has 32 heavy (non-hydrogen) atoms. The quantitative estimate of drug-likeness (QED) is 0.359. The van der Waals surface area contributed by atoms with Crippen LogP contribution in [-0.2, 0) is 9.47 Å². The van der Waals surface area contributed by atoms with E-state index in [9.17, 15) is 29.8 Å². The maximum absolute atomic E-state index is 12.6. The third-order valence-corrected chi connectivity index (χ3v) is 5.29. The number of benzene rings is 2. The minimum absolute atomic E-state index is 0.137. The Labute approximate surface area is 183 Å². The lowest BCUT2D eigenvalue weighted by molar-refractivity contribution is -0.385. The van der Waals surface area contributed by atoms with Crippen LogP contribution in [-0.4, -0.2) is 34.0 Å². The summed E-state index contributed by atoms with van der Waals surface area (Å²) in [7, 11) is 0. The first-order valence-electron chi connectivity index (χ1n) is 10.3. The Kier molecular flexibility index (Phi) is 7.48. The normalized spacial score (nSPS) is 18.6. The minimum Gasteiger partial charge on any atom is -0.455 e. The van der Waals surface area contributed by atoms with Gasteiger partial charge in [-0.25, -0.2) is 9.59 Å². The first kappa shape index (κ1) is 22.9. The van der Waals surface area contributed by atoms with Crippen LogP contribution in [0.5, 0.6) is 0 Å². The maximum Gasteiger partial charge on any atom is 0.338 e. The van der Waals surface area contributed by atoms with Gasteiger partial charge in [-0.1, -0.05) is 12.8 Å². The van der Waals surface area contributed by atoms with Gasteiger partial charge >= 0.3 is 11.9 Å². The van der Waals surface area contributed by atoms with Crippen LogP contribution in [0.15, 0.2) is 48.5 Å². The number of rotatable bonds is 6. The molecule has 2 unspecified atom stereocenters. The molecule has 0 heterocycles. The molecule has 168 valence electrons. The van der Waals surface area contributed by atoms with E-state index in [0.717, 1.165) is 25.7 Å². The smallest absolute Gasteiger partial charge is 0.338 e. The zero-order valence-electron chi connectivity index (χ0n) is 17.2. The van der Waals surface area contributed by atoms with Gasteiger partial charge in [0.15, 0.2) is 0 Å². The number of nitrogens with zero attached hydrogens (tertiary/aromatic N) is 2. The zero-order chi connectivity index (χ0) is 23.1. The summed E-state index contributed by atoms with van der Waals surface area (Å²) in [6.07, 6.45) is 3.21. The van der Waals surface area contributed by atoms with Gasteiger partial charge in [-0.05, 0) is 49.9 Å². The van der Waals surface area contributed by atoms with Crippen molar-refractivity contribution in [2.75, 3.05) is 0 Å². The predicted octanol–water partition coefficient (Wildman–Crippen LogP) is 4.61. The number of ether oxygens (including phenoxy) is 2. The van der Waals surface area contributed by atoms with Crippen LogP contribution in [0.1, 0.15) is 59.2 Å². The van der Waals surface area contributed by atoms with Crippen molar-refractivity contribution in [2.45, 2.75) is 50.7 Å². The second kappa shape index (κ2) is 10.5. The summed E-state index contributed by atoms with van der Waals surface area (Å²) in [6, 6.07) is 10.2. The summed E-state index contributed by atoms with van der Waals surface area (Å²) < 4.78 is 11.3. The lowest BCUT2D eigenvalue weighted by atomic mass is 9.95. The van der Waals surface area contributed by atoms with E-state index in [1.165, 1.54) is 48.5 Å². The van der Waals surface area contributed by atoms with Crippen molar-refractivity contribution in [2.24, 2.45) is 0 Å². The summed E-state index contributed by atoms with van der Waals surface area (Å²) in [4.78, 5) is 45.7. The average Bonchev–Trinajstić information content (AvgIpc) is 2.78. The maximum atomic E-state index is 12.6. The van der Waals surface area contributed by atoms with E-state index in [1.54, 1.807) is 0 Å². The molecule has 1 aliphatic carbocycles. The SMILES string of the molecule is O=C(OC1CCCCCCC1OC(=O)c1ccc([N+](=O)[O-])cc1)c1ccc([N+](=O)[O-])cc1. The molecule has 0 bridgehead atoms. The summed E-state index contributed by atoms with van der Waals surface area (Å²) >= 11 is 0. The third kappa shape index (κ3) is 5.87. The molecular formula is C22H22N2O8. The van der Waals surface area contributed by atoms with Crippen LogP contribution < -0.4 is 0 Å². The van der Waals surface area contributed by atoms with E-state index in [1.807, 2.05) is 0 Å². The van der Waals surface area contributed by atoms with Crippen LogP contribution in [0.3, 0.4) is 0 Å². The Hall–Kier alpha value is -3.82. The van der Waals surface area contributed by atoms with Crippen LogP contribution >= 0.6 is 0 Å². The fourth-order valence-corrected chi connectivity index (χ4v) is 3.54. The Morgan fingerprint density at radius 1 is 0.656 bits per heavy atom. The second-order valence-corrected chi connectivity index (χ2v) is 7.49. The Morgan fingerprint density at radius 2 is 1.00 bits per heavy atom. The molecule has 0 radical (unpaired) electrons.